The highest BCUT2D eigenvalue weighted by Gasteiger charge is 2.21. The molecule has 1 heterocycles. The molecule has 0 aliphatic carbocycles. The zero-order chi connectivity index (χ0) is 14.1. The maximum atomic E-state index is 12.0. The van der Waals surface area contributed by atoms with Crippen LogP contribution < -0.4 is 11.5 Å². The van der Waals surface area contributed by atoms with Crippen molar-refractivity contribution < 1.29 is 9.53 Å². The Labute approximate surface area is 111 Å². The SMILES string of the molecule is Cc1cc(/C=C(\N)Cl)c(N)n1C(=O)OC(C)(C)C. The van der Waals surface area contributed by atoms with E-state index in [-0.39, 0.29) is 11.0 Å². The van der Waals surface area contributed by atoms with Crippen molar-refractivity contribution in [3.8, 4) is 0 Å². The summed E-state index contributed by atoms with van der Waals surface area (Å²) in [7, 11) is 0. The van der Waals surface area contributed by atoms with Gasteiger partial charge in [0.15, 0.2) is 0 Å². The lowest BCUT2D eigenvalue weighted by atomic mass is 10.2. The zero-order valence-corrected chi connectivity index (χ0v) is 11.7. The van der Waals surface area contributed by atoms with Crippen molar-refractivity contribution in [3.05, 3.63) is 22.5 Å². The molecule has 0 bridgehead atoms. The number of ether oxygens (including phenoxy) is 1. The van der Waals surface area contributed by atoms with Crippen molar-refractivity contribution in [3.63, 3.8) is 0 Å². The Balaban J connectivity index is 3.15. The fraction of sp³-hybridized carbons (Fsp3) is 0.417. The Morgan fingerprint density at radius 2 is 2.06 bits per heavy atom. The molecule has 0 saturated carbocycles. The Morgan fingerprint density at radius 1 is 1.50 bits per heavy atom. The van der Waals surface area contributed by atoms with E-state index < -0.39 is 11.7 Å². The van der Waals surface area contributed by atoms with Crippen LogP contribution in [0.5, 0.6) is 0 Å². The van der Waals surface area contributed by atoms with Gasteiger partial charge in [0, 0.05) is 11.3 Å². The van der Waals surface area contributed by atoms with Gasteiger partial charge < -0.3 is 16.2 Å². The number of aryl methyl sites for hydroxylation is 1. The molecule has 0 unspecified atom stereocenters. The van der Waals surface area contributed by atoms with Crippen LogP contribution in [0.15, 0.2) is 11.2 Å². The first kappa shape index (κ1) is 14.4. The van der Waals surface area contributed by atoms with Crippen molar-refractivity contribution in [2.24, 2.45) is 5.73 Å². The largest absolute Gasteiger partial charge is 0.443 e. The van der Waals surface area contributed by atoms with Gasteiger partial charge in [-0.05, 0) is 39.8 Å². The number of carbonyl (C=O) groups excluding carboxylic acids is 1. The number of halogens is 1. The molecule has 0 amide bonds. The number of anilines is 1. The summed E-state index contributed by atoms with van der Waals surface area (Å²) in [6, 6.07) is 1.72. The minimum atomic E-state index is -0.582. The van der Waals surface area contributed by atoms with Gasteiger partial charge in [-0.3, -0.25) is 0 Å². The summed E-state index contributed by atoms with van der Waals surface area (Å²) < 4.78 is 6.55. The summed E-state index contributed by atoms with van der Waals surface area (Å²) in [4.78, 5) is 12.0. The first-order valence-corrected chi connectivity index (χ1v) is 5.83. The number of hydrogen-bond donors (Lipinski definition) is 2. The number of hydrogen-bond acceptors (Lipinski definition) is 4. The molecule has 0 aliphatic heterocycles. The van der Waals surface area contributed by atoms with E-state index in [1.165, 1.54) is 10.6 Å². The third-order valence-corrected chi connectivity index (χ3v) is 2.23. The van der Waals surface area contributed by atoms with E-state index in [1.54, 1.807) is 33.8 Å². The van der Waals surface area contributed by atoms with E-state index >= 15 is 0 Å². The smallest absolute Gasteiger partial charge is 0.420 e. The minimum absolute atomic E-state index is 0.100. The van der Waals surface area contributed by atoms with E-state index in [2.05, 4.69) is 0 Å². The Bertz CT molecular complexity index is 494. The lowest BCUT2D eigenvalue weighted by Crippen LogP contribution is -2.28. The molecule has 5 nitrogen and oxygen atoms in total. The maximum Gasteiger partial charge on any atom is 0.420 e. The van der Waals surface area contributed by atoms with Gasteiger partial charge in [-0.1, -0.05) is 11.6 Å². The molecule has 4 N–H and O–H groups in total. The quantitative estimate of drug-likeness (QED) is 0.769. The highest BCUT2D eigenvalue weighted by Crippen LogP contribution is 2.22. The molecule has 0 aliphatic rings. The summed E-state index contributed by atoms with van der Waals surface area (Å²) in [5.74, 6) is 0.255. The molecule has 18 heavy (non-hydrogen) atoms. The van der Waals surface area contributed by atoms with Crippen molar-refractivity contribution in [1.29, 1.82) is 0 Å². The van der Waals surface area contributed by atoms with Crippen molar-refractivity contribution in [1.82, 2.24) is 4.57 Å². The van der Waals surface area contributed by atoms with Gasteiger partial charge in [0.2, 0.25) is 0 Å². The average Bonchev–Trinajstić information content (AvgIpc) is 2.37. The van der Waals surface area contributed by atoms with Gasteiger partial charge in [-0.2, -0.15) is 0 Å². The number of nitrogen functional groups attached to an aromatic ring is 1. The topological polar surface area (TPSA) is 83.3 Å². The Morgan fingerprint density at radius 3 is 2.50 bits per heavy atom. The Kier molecular flexibility index (Phi) is 3.96. The monoisotopic (exact) mass is 271 g/mol. The molecule has 0 fully saturated rings. The minimum Gasteiger partial charge on any atom is -0.443 e. The molecule has 0 radical (unpaired) electrons. The third kappa shape index (κ3) is 3.43. The summed E-state index contributed by atoms with van der Waals surface area (Å²) in [5.41, 5.74) is 11.9. The van der Waals surface area contributed by atoms with Crippen LogP contribution in [-0.2, 0) is 4.74 Å². The second kappa shape index (κ2) is 4.94. The molecule has 6 heteroatoms. The van der Waals surface area contributed by atoms with Gasteiger partial charge >= 0.3 is 6.09 Å². The second-order valence-electron chi connectivity index (χ2n) is 4.97. The number of aromatic nitrogens is 1. The van der Waals surface area contributed by atoms with Crippen LogP contribution in [0.2, 0.25) is 0 Å². The van der Waals surface area contributed by atoms with Crippen molar-refractivity contribution in [2.45, 2.75) is 33.3 Å². The highest BCUT2D eigenvalue weighted by molar-refractivity contribution is 6.31. The number of nitrogens with zero attached hydrogens (tertiary/aromatic N) is 1. The molecule has 100 valence electrons. The molecular weight excluding hydrogens is 254 g/mol. The molecule has 0 aromatic carbocycles. The predicted octanol–water partition coefficient (Wildman–Crippen LogP) is 2.66. The second-order valence-corrected chi connectivity index (χ2v) is 5.41. The normalized spacial score (nSPS) is 12.6. The first-order chi connectivity index (χ1) is 8.11. The summed E-state index contributed by atoms with van der Waals surface area (Å²) in [6.45, 7) is 7.12. The van der Waals surface area contributed by atoms with Crippen LogP contribution in [0.4, 0.5) is 10.6 Å². The molecular formula is C12H18ClN3O2. The van der Waals surface area contributed by atoms with Gasteiger partial charge in [-0.25, -0.2) is 9.36 Å². The fourth-order valence-electron chi connectivity index (χ4n) is 1.50. The highest BCUT2D eigenvalue weighted by atomic mass is 35.5. The number of carbonyl (C=O) groups is 1. The van der Waals surface area contributed by atoms with Gasteiger partial charge in [0.05, 0.1) is 5.16 Å². The molecule has 1 rings (SSSR count). The van der Waals surface area contributed by atoms with E-state index in [4.69, 9.17) is 27.8 Å². The Hall–Kier alpha value is -1.62. The summed E-state index contributed by atoms with van der Waals surface area (Å²) in [5, 5.41) is 0.100. The lowest BCUT2D eigenvalue weighted by Gasteiger charge is -2.20. The average molecular weight is 272 g/mol. The molecule has 0 spiro atoms. The molecule has 1 aromatic heterocycles. The van der Waals surface area contributed by atoms with Crippen LogP contribution in [0.1, 0.15) is 32.0 Å². The van der Waals surface area contributed by atoms with Crippen LogP contribution >= 0.6 is 11.6 Å². The lowest BCUT2D eigenvalue weighted by molar-refractivity contribution is 0.0538. The number of rotatable bonds is 1. The fourth-order valence-corrected chi connectivity index (χ4v) is 1.61. The van der Waals surface area contributed by atoms with Gasteiger partial charge in [0.1, 0.15) is 11.4 Å². The number of nitrogens with two attached hydrogens (primary N) is 2. The van der Waals surface area contributed by atoms with Crippen LogP contribution in [0, 0.1) is 6.92 Å². The predicted molar refractivity (Wildman–Crippen MR) is 73.2 cm³/mol. The van der Waals surface area contributed by atoms with E-state index in [0.717, 1.165) is 0 Å². The van der Waals surface area contributed by atoms with Crippen LogP contribution in [-0.4, -0.2) is 16.3 Å². The van der Waals surface area contributed by atoms with Crippen molar-refractivity contribution >= 4 is 29.6 Å². The van der Waals surface area contributed by atoms with E-state index in [9.17, 15) is 4.79 Å². The first-order valence-electron chi connectivity index (χ1n) is 5.45. The molecule has 0 atom stereocenters. The van der Waals surface area contributed by atoms with Crippen molar-refractivity contribution in [2.75, 3.05) is 5.73 Å². The van der Waals surface area contributed by atoms with E-state index in [1.807, 2.05) is 0 Å². The third-order valence-electron chi connectivity index (χ3n) is 2.12. The standard InChI is InChI=1S/C12H18ClN3O2/c1-7-5-8(6-9(13)14)10(15)16(7)11(17)18-12(2,3)4/h5-6H,14-15H2,1-4H3/b9-6-. The zero-order valence-electron chi connectivity index (χ0n) is 11.0. The van der Waals surface area contributed by atoms with Gasteiger partial charge in [-0.15, -0.1) is 0 Å². The van der Waals surface area contributed by atoms with E-state index in [0.29, 0.717) is 11.3 Å². The maximum absolute atomic E-state index is 12.0. The molecule has 1 aromatic rings. The van der Waals surface area contributed by atoms with Crippen LogP contribution in [0.25, 0.3) is 6.08 Å². The molecule has 0 saturated heterocycles. The summed E-state index contributed by atoms with van der Waals surface area (Å²) in [6.07, 6.45) is 0.968. The van der Waals surface area contributed by atoms with Gasteiger partial charge in [0.25, 0.3) is 0 Å². The summed E-state index contributed by atoms with van der Waals surface area (Å²) >= 11 is 5.59. The van der Waals surface area contributed by atoms with Crippen LogP contribution in [0.3, 0.4) is 0 Å².